The molecular formula is C38H39ClN6O6. The number of carboxylic acids is 1. The van der Waals surface area contributed by atoms with Crippen LogP contribution in [0.15, 0.2) is 66.9 Å². The molecule has 13 heteroatoms. The second kappa shape index (κ2) is 14.6. The van der Waals surface area contributed by atoms with E-state index in [2.05, 4.69) is 15.5 Å². The smallest absolute Gasteiger partial charge is 0.309 e. The molecule has 51 heavy (non-hydrogen) atoms. The third-order valence-electron chi connectivity index (χ3n) is 9.63. The maximum Gasteiger partial charge on any atom is 0.309 e. The number of halogens is 1. The van der Waals surface area contributed by atoms with Gasteiger partial charge in [-0.25, -0.2) is 9.67 Å². The van der Waals surface area contributed by atoms with Gasteiger partial charge < -0.3 is 30.0 Å². The highest BCUT2D eigenvalue weighted by Gasteiger charge is 2.33. The van der Waals surface area contributed by atoms with Crippen LogP contribution >= 0.6 is 11.6 Å². The number of carboxylic acid groups (broad SMARTS) is 1. The highest BCUT2D eigenvalue weighted by atomic mass is 35.5. The summed E-state index contributed by atoms with van der Waals surface area (Å²) in [6.07, 6.45) is 3.23. The number of rotatable bonds is 13. The molecule has 0 aliphatic carbocycles. The van der Waals surface area contributed by atoms with Gasteiger partial charge in [-0.1, -0.05) is 48.0 Å². The standard InChI is InChI=1S/C38H39ClN6O6/c1-49-33-14-25(15-34(50-2)30(33)21-44-19-23(20-44)38(47)48)45-32-9-5-6-26(29(32)18-41-45)27-7-4-8-28(36(27)39)31-12-10-22(37(43-31)51-3)16-40-17-24-11-13-35(46)42-24/h4-10,12,14-15,18,23-24,40H,11,13,16-17,19-21H2,1-3H3,(H,42,46)(H,47,48)/t24-/m0/s1. The highest BCUT2D eigenvalue weighted by Crippen LogP contribution is 2.41. The van der Waals surface area contributed by atoms with Gasteiger partial charge >= 0.3 is 5.97 Å². The van der Waals surface area contributed by atoms with Crippen molar-refractivity contribution < 1.29 is 28.9 Å². The molecule has 0 saturated carbocycles. The average molecular weight is 711 g/mol. The molecule has 2 saturated heterocycles. The van der Waals surface area contributed by atoms with Crippen molar-refractivity contribution in [2.24, 2.45) is 5.92 Å². The Hall–Kier alpha value is -5.17. The van der Waals surface area contributed by atoms with E-state index in [9.17, 15) is 14.7 Å². The summed E-state index contributed by atoms with van der Waals surface area (Å²) in [6.45, 7) is 2.70. The summed E-state index contributed by atoms with van der Waals surface area (Å²) in [5.41, 5.74) is 6.59. The lowest BCUT2D eigenvalue weighted by Gasteiger charge is -2.37. The first-order chi connectivity index (χ1) is 24.8. The Kier molecular flexibility index (Phi) is 9.81. The number of fused-ring (bicyclic) bond motifs is 1. The zero-order valence-corrected chi connectivity index (χ0v) is 29.4. The number of aliphatic carboxylic acids is 1. The highest BCUT2D eigenvalue weighted by molar-refractivity contribution is 6.36. The third kappa shape index (κ3) is 6.82. The van der Waals surface area contributed by atoms with Crippen molar-refractivity contribution in [3.05, 3.63) is 83.0 Å². The number of nitrogens with zero attached hydrogens (tertiary/aromatic N) is 4. The normalized spacial score (nSPS) is 16.2. The second-order valence-electron chi connectivity index (χ2n) is 12.8. The number of ether oxygens (including phenoxy) is 3. The van der Waals surface area contributed by atoms with Crippen molar-refractivity contribution in [2.75, 3.05) is 41.0 Å². The lowest BCUT2D eigenvalue weighted by atomic mass is 9.98. The maximum atomic E-state index is 11.5. The Morgan fingerprint density at radius 2 is 1.73 bits per heavy atom. The molecule has 2 aliphatic rings. The van der Waals surface area contributed by atoms with Crippen molar-refractivity contribution in [1.82, 2.24) is 30.3 Å². The molecule has 0 unspecified atom stereocenters. The van der Waals surface area contributed by atoms with Gasteiger partial charge in [-0.2, -0.15) is 5.10 Å². The van der Waals surface area contributed by atoms with Crippen LogP contribution in [0.25, 0.3) is 39.0 Å². The van der Waals surface area contributed by atoms with E-state index in [0.717, 1.165) is 50.8 Å². The van der Waals surface area contributed by atoms with Crippen LogP contribution in [0.4, 0.5) is 0 Å². The largest absolute Gasteiger partial charge is 0.496 e. The van der Waals surface area contributed by atoms with Crippen molar-refractivity contribution in [3.8, 4) is 45.5 Å². The molecule has 0 bridgehead atoms. The Labute approximate surface area is 300 Å². The first-order valence-electron chi connectivity index (χ1n) is 16.8. The van der Waals surface area contributed by atoms with Gasteiger partial charge in [0.1, 0.15) is 11.5 Å². The minimum absolute atomic E-state index is 0.0968. The molecule has 1 atom stereocenters. The summed E-state index contributed by atoms with van der Waals surface area (Å²) in [6, 6.07) is 19.8. The van der Waals surface area contributed by atoms with Crippen molar-refractivity contribution >= 4 is 34.4 Å². The molecule has 1 amide bonds. The molecule has 264 valence electrons. The van der Waals surface area contributed by atoms with Gasteiger partial charge in [0.25, 0.3) is 0 Å². The van der Waals surface area contributed by atoms with Gasteiger partial charge in [-0.15, -0.1) is 0 Å². The molecular weight excluding hydrogens is 672 g/mol. The number of methoxy groups -OCH3 is 3. The van der Waals surface area contributed by atoms with Crippen LogP contribution < -0.4 is 24.8 Å². The van der Waals surface area contributed by atoms with Crippen LogP contribution in [-0.4, -0.2) is 83.7 Å². The SMILES string of the molecule is COc1cc(-n2ncc3c(-c4cccc(-c5ccc(CNC[C@@H]6CCC(=O)N6)c(OC)n5)c4Cl)cccc32)cc(OC)c1CN1CC(C(=O)O)C1. The monoisotopic (exact) mass is 710 g/mol. The lowest BCUT2D eigenvalue weighted by Crippen LogP contribution is -2.49. The van der Waals surface area contributed by atoms with E-state index in [-0.39, 0.29) is 17.9 Å². The van der Waals surface area contributed by atoms with E-state index in [1.807, 2.05) is 71.5 Å². The van der Waals surface area contributed by atoms with E-state index in [1.54, 1.807) is 21.3 Å². The number of amides is 1. The number of hydrogen-bond acceptors (Lipinski definition) is 9. The van der Waals surface area contributed by atoms with Gasteiger partial charge in [-0.05, 0) is 24.1 Å². The van der Waals surface area contributed by atoms with Crippen molar-refractivity contribution in [1.29, 1.82) is 0 Å². The summed E-state index contributed by atoms with van der Waals surface area (Å²) in [4.78, 5) is 29.7. The molecule has 0 radical (unpaired) electrons. The fourth-order valence-corrected chi connectivity index (χ4v) is 7.22. The summed E-state index contributed by atoms with van der Waals surface area (Å²) in [5.74, 6) is 0.733. The van der Waals surface area contributed by atoms with Gasteiger partial charge in [-0.3, -0.25) is 14.5 Å². The number of likely N-dealkylation sites (tertiary alicyclic amines) is 1. The van der Waals surface area contributed by atoms with E-state index < -0.39 is 5.97 Å². The fourth-order valence-electron chi connectivity index (χ4n) is 6.90. The van der Waals surface area contributed by atoms with Gasteiger partial charge in [0.05, 0.1) is 60.9 Å². The number of hydrogen-bond donors (Lipinski definition) is 3. The molecule has 3 aromatic carbocycles. The zero-order valence-electron chi connectivity index (χ0n) is 28.6. The molecule has 12 nitrogen and oxygen atoms in total. The molecule has 2 aromatic heterocycles. The van der Waals surface area contributed by atoms with Gasteiger partial charge in [0, 0.05) is 79.4 Å². The van der Waals surface area contributed by atoms with Crippen molar-refractivity contribution in [3.63, 3.8) is 0 Å². The first kappa shape index (κ1) is 34.3. The topological polar surface area (TPSA) is 140 Å². The molecule has 7 rings (SSSR count). The minimum atomic E-state index is -0.776. The van der Waals surface area contributed by atoms with E-state index >= 15 is 0 Å². The molecule has 0 spiro atoms. The molecule has 2 fully saturated rings. The van der Waals surface area contributed by atoms with Crippen LogP contribution in [0, 0.1) is 5.92 Å². The summed E-state index contributed by atoms with van der Waals surface area (Å²) < 4.78 is 19.1. The first-order valence-corrected chi connectivity index (χ1v) is 17.2. The van der Waals surface area contributed by atoms with Crippen LogP contribution in [0.1, 0.15) is 24.0 Å². The fraction of sp³-hybridized carbons (Fsp3) is 0.316. The van der Waals surface area contributed by atoms with Gasteiger partial charge in [0.2, 0.25) is 11.8 Å². The third-order valence-corrected chi connectivity index (χ3v) is 10.0. The van der Waals surface area contributed by atoms with Crippen molar-refractivity contribution in [2.45, 2.75) is 32.0 Å². The van der Waals surface area contributed by atoms with Crippen LogP contribution in [0.2, 0.25) is 5.02 Å². The maximum absolute atomic E-state index is 11.5. The predicted molar refractivity (Wildman–Crippen MR) is 194 cm³/mol. The van der Waals surface area contributed by atoms with E-state index in [1.165, 1.54) is 0 Å². The number of aromatic nitrogens is 3. The number of carbonyl (C=O) groups is 2. The number of benzene rings is 3. The lowest BCUT2D eigenvalue weighted by molar-refractivity contribution is -0.147. The van der Waals surface area contributed by atoms with E-state index in [0.29, 0.717) is 67.2 Å². The Morgan fingerprint density at radius 1 is 1.00 bits per heavy atom. The van der Waals surface area contributed by atoms with Crippen LogP contribution in [0.3, 0.4) is 0 Å². The minimum Gasteiger partial charge on any atom is -0.496 e. The van der Waals surface area contributed by atoms with Gasteiger partial charge in [0.15, 0.2) is 0 Å². The number of pyridine rings is 1. The second-order valence-corrected chi connectivity index (χ2v) is 13.2. The quantitative estimate of drug-likeness (QED) is 0.147. The molecule has 2 aliphatic heterocycles. The Bertz CT molecular complexity index is 2090. The van der Waals surface area contributed by atoms with E-state index in [4.69, 9.17) is 35.9 Å². The average Bonchev–Trinajstić information content (AvgIpc) is 3.75. The van der Waals surface area contributed by atoms with Crippen LogP contribution in [0.5, 0.6) is 17.4 Å². The Balaban J connectivity index is 1.16. The zero-order chi connectivity index (χ0) is 35.6. The summed E-state index contributed by atoms with van der Waals surface area (Å²) in [5, 5.41) is 21.9. The predicted octanol–water partition coefficient (Wildman–Crippen LogP) is 5.32. The van der Waals surface area contributed by atoms with Crippen LogP contribution in [-0.2, 0) is 22.7 Å². The molecule has 3 N–H and O–H groups in total. The summed E-state index contributed by atoms with van der Waals surface area (Å²) >= 11 is 7.16. The molecule has 5 aromatic rings. The Morgan fingerprint density at radius 3 is 2.41 bits per heavy atom. The summed E-state index contributed by atoms with van der Waals surface area (Å²) in [7, 11) is 4.82. The number of nitrogens with one attached hydrogen (secondary N) is 2. The molecule has 4 heterocycles. The number of carbonyl (C=O) groups excluding carboxylic acids is 1.